The van der Waals surface area contributed by atoms with E-state index in [2.05, 4.69) is 25.2 Å². The number of carbonyl (C=O) groups is 1. The van der Waals surface area contributed by atoms with Crippen molar-refractivity contribution in [2.75, 3.05) is 6.61 Å². The molecule has 1 amide bonds. The van der Waals surface area contributed by atoms with Gasteiger partial charge in [-0.3, -0.25) is 4.79 Å². The highest BCUT2D eigenvalue weighted by molar-refractivity contribution is 5.77. The van der Waals surface area contributed by atoms with E-state index in [-0.39, 0.29) is 18.6 Å². The predicted octanol–water partition coefficient (Wildman–Crippen LogP) is 3.62. The van der Waals surface area contributed by atoms with Crippen molar-refractivity contribution in [3.05, 3.63) is 29.3 Å². The van der Waals surface area contributed by atoms with Crippen molar-refractivity contribution in [3.8, 4) is 5.75 Å². The van der Waals surface area contributed by atoms with Crippen LogP contribution >= 0.6 is 0 Å². The van der Waals surface area contributed by atoms with Crippen molar-refractivity contribution in [1.82, 2.24) is 5.32 Å². The van der Waals surface area contributed by atoms with E-state index in [1.165, 1.54) is 5.56 Å². The summed E-state index contributed by atoms with van der Waals surface area (Å²) in [7, 11) is 0. The quantitative estimate of drug-likeness (QED) is 0.826. The SMILES string of the molecule is Cc1ccc(OCC(=O)NC(C)CCC(C)C)c(C)c1. The molecule has 3 nitrogen and oxygen atoms in total. The number of nitrogens with one attached hydrogen (secondary N) is 1. The first kappa shape index (κ1) is 16.5. The number of amides is 1. The lowest BCUT2D eigenvalue weighted by Crippen LogP contribution is -2.36. The van der Waals surface area contributed by atoms with E-state index >= 15 is 0 Å². The fraction of sp³-hybridized carbons (Fsp3) is 0.588. The fourth-order valence-corrected chi connectivity index (χ4v) is 2.08. The number of benzene rings is 1. The summed E-state index contributed by atoms with van der Waals surface area (Å²) >= 11 is 0. The van der Waals surface area contributed by atoms with Crippen LogP contribution in [0.25, 0.3) is 0 Å². The Morgan fingerprint density at radius 2 is 1.90 bits per heavy atom. The molecule has 0 bridgehead atoms. The monoisotopic (exact) mass is 277 g/mol. The minimum absolute atomic E-state index is 0.0544. The lowest BCUT2D eigenvalue weighted by atomic mass is 10.0. The van der Waals surface area contributed by atoms with Crippen LogP contribution in [0.1, 0.15) is 44.7 Å². The van der Waals surface area contributed by atoms with E-state index in [0.29, 0.717) is 5.92 Å². The fourth-order valence-electron chi connectivity index (χ4n) is 2.08. The van der Waals surface area contributed by atoms with Gasteiger partial charge in [-0.1, -0.05) is 31.5 Å². The Bertz CT molecular complexity index is 441. The number of hydrogen-bond donors (Lipinski definition) is 1. The topological polar surface area (TPSA) is 38.3 Å². The summed E-state index contributed by atoms with van der Waals surface area (Å²) in [6, 6.07) is 6.16. The highest BCUT2D eigenvalue weighted by Crippen LogP contribution is 2.18. The first-order valence-corrected chi connectivity index (χ1v) is 7.38. The zero-order chi connectivity index (χ0) is 15.1. The Morgan fingerprint density at radius 1 is 1.20 bits per heavy atom. The highest BCUT2D eigenvalue weighted by atomic mass is 16.5. The molecule has 1 atom stereocenters. The van der Waals surface area contributed by atoms with Crippen LogP contribution in [0.3, 0.4) is 0 Å². The van der Waals surface area contributed by atoms with Gasteiger partial charge < -0.3 is 10.1 Å². The zero-order valence-corrected chi connectivity index (χ0v) is 13.3. The average Bonchev–Trinajstić information content (AvgIpc) is 2.35. The molecule has 1 N–H and O–H groups in total. The van der Waals surface area contributed by atoms with Crippen molar-refractivity contribution in [2.45, 2.75) is 53.5 Å². The van der Waals surface area contributed by atoms with Gasteiger partial charge >= 0.3 is 0 Å². The van der Waals surface area contributed by atoms with E-state index < -0.39 is 0 Å². The van der Waals surface area contributed by atoms with Gasteiger partial charge in [-0.25, -0.2) is 0 Å². The maximum Gasteiger partial charge on any atom is 0.258 e. The van der Waals surface area contributed by atoms with Crippen molar-refractivity contribution in [2.24, 2.45) is 5.92 Å². The van der Waals surface area contributed by atoms with Crippen LogP contribution in [0, 0.1) is 19.8 Å². The van der Waals surface area contributed by atoms with Crippen molar-refractivity contribution in [1.29, 1.82) is 0 Å². The molecule has 112 valence electrons. The predicted molar refractivity (Wildman–Crippen MR) is 83.1 cm³/mol. The van der Waals surface area contributed by atoms with Crippen LogP contribution in [0.15, 0.2) is 18.2 Å². The van der Waals surface area contributed by atoms with Gasteiger partial charge in [0.25, 0.3) is 5.91 Å². The largest absolute Gasteiger partial charge is 0.484 e. The standard InChI is InChI=1S/C17H27NO2/c1-12(2)6-8-15(5)18-17(19)11-20-16-9-7-13(3)10-14(16)4/h7,9-10,12,15H,6,8,11H2,1-5H3,(H,18,19). The van der Waals surface area contributed by atoms with Crippen LogP contribution in [0.2, 0.25) is 0 Å². The molecule has 1 aromatic carbocycles. The van der Waals surface area contributed by atoms with E-state index in [9.17, 15) is 4.79 Å². The summed E-state index contributed by atoms with van der Waals surface area (Å²) in [5.74, 6) is 1.39. The van der Waals surface area contributed by atoms with E-state index in [0.717, 1.165) is 24.2 Å². The summed E-state index contributed by atoms with van der Waals surface area (Å²) in [6.45, 7) is 10.5. The summed E-state index contributed by atoms with van der Waals surface area (Å²) in [5.41, 5.74) is 2.26. The third kappa shape index (κ3) is 6.09. The molecule has 0 radical (unpaired) electrons. The van der Waals surface area contributed by atoms with Gasteiger partial charge in [-0.05, 0) is 51.2 Å². The molecular formula is C17H27NO2. The van der Waals surface area contributed by atoms with E-state index in [4.69, 9.17) is 4.74 Å². The molecule has 0 aliphatic rings. The smallest absolute Gasteiger partial charge is 0.258 e. The Hall–Kier alpha value is -1.51. The van der Waals surface area contributed by atoms with Gasteiger partial charge in [0, 0.05) is 6.04 Å². The third-order valence-corrected chi connectivity index (χ3v) is 3.27. The van der Waals surface area contributed by atoms with Crippen LogP contribution in [0.5, 0.6) is 5.75 Å². The molecular weight excluding hydrogens is 250 g/mol. The van der Waals surface area contributed by atoms with Crippen molar-refractivity contribution in [3.63, 3.8) is 0 Å². The number of carbonyl (C=O) groups excluding carboxylic acids is 1. The second-order valence-electron chi connectivity index (χ2n) is 6.00. The molecule has 0 saturated carbocycles. The molecule has 3 heteroatoms. The first-order valence-electron chi connectivity index (χ1n) is 7.38. The highest BCUT2D eigenvalue weighted by Gasteiger charge is 2.09. The second-order valence-corrected chi connectivity index (χ2v) is 6.00. The van der Waals surface area contributed by atoms with Crippen LogP contribution in [-0.2, 0) is 4.79 Å². The number of rotatable bonds is 7. The Labute approximate surface area is 122 Å². The Kier molecular flexibility index (Phi) is 6.56. The molecule has 1 rings (SSSR count). The molecule has 0 fully saturated rings. The number of ether oxygens (including phenoxy) is 1. The molecule has 1 aromatic rings. The maximum absolute atomic E-state index is 11.8. The van der Waals surface area contributed by atoms with Gasteiger partial charge in [-0.15, -0.1) is 0 Å². The number of aryl methyl sites for hydroxylation is 2. The minimum atomic E-state index is -0.0544. The normalized spacial score (nSPS) is 12.3. The summed E-state index contributed by atoms with van der Waals surface area (Å²) in [6.07, 6.45) is 2.13. The van der Waals surface area contributed by atoms with Gasteiger partial charge in [-0.2, -0.15) is 0 Å². The molecule has 0 aromatic heterocycles. The summed E-state index contributed by atoms with van der Waals surface area (Å²) in [4.78, 5) is 11.8. The minimum Gasteiger partial charge on any atom is -0.484 e. The molecule has 0 aliphatic heterocycles. The molecule has 0 aliphatic carbocycles. The van der Waals surface area contributed by atoms with Crippen molar-refractivity contribution >= 4 is 5.91 Å². The summed E-state index contributed by atoms with van der Waals surface area (Å²) in [5, 5.41) is 2.97. The van der Waals surface area contributed by atoms with E-state index in [1.54, 1.807) is 0 Å². The van der Waals surface area contributed by atoms with Gasteiger partial charge in [0.2, 0.25) is 0 Å². The summed E-state index contributed by atoms with van der Waals surface area (Å²) < 4.78 is 5.57. The molecule has 0 saturated heterocycles. The lowest BCUT2D eigenvalue weighted by Gasteiger charge is -2.16. The first-order chi connectivity index (χ1) is 9.38. The lowest BCUT2D eigenvalue weighted by molar-refractivity contribution is -0.123. The molecule has 20 heavy (non-hydrogen) atoms. The van der Waals surface area contributed by atoms with Crippen LogP contribution in [-0.4, -0.2) is 18.6 Å². The molecule has 0 heterocycles. The average molecular weight is 277 g/mol. The van der Waals surface area contributed by atoms with Crippen molar-refractivity contribution < 1.29 is 9.53 Å². The van der Waals surface area contributed by atoms with Gasteiger partial charge in [0.1, 0.15) is 5.75 Å². The third-order valence-electron chi connectivity index (χ3n) is 3.27. The Morgan fingerprint density at radius 3 is 2.50 bits per heavy atom. The zero-order valence-electron chi connectivity index (χ0n) is 13.3. The maximum atomic E-state index is 11.8. The van der Waals surface area contributed by atoms with Crippen LogP contribution < -0.4 is 10.1 Å². The van der Waals surface area contributed by atoms with Crippen LogP contribution in [0.4, 0.5) is 0 Å². The molecule has 1 unspecified atom stereocenters. The molecule has 0 spiro atoms. The second kappa shape index (κ2) is 7.93. The van der Waals surface area contributed by atoms with Gasteiger partial charge in [0.05, 0.1) is 0 Å². The van der Waals surface area contributed by atoms with E-state index in [1.807, 2.05) is 32.9 Å². The Balaban J connectivity index is 2.36. The van der Waals surface area contributed by atoms with Gasteiger partial charge in [0.15, 0.2) is 6.61 Å². The number of hydrogen-bond acceptors (Lipinski definition) is 2.